The van der Waals surface area contributed by atoms with Gasteiger partial charge in [0, 0.05) is 13.1 Å². The van der Waals surface area contributed by atoms with Crippen LogP contribution in [-0.2, 0) is 53.9 Å². The summed E-state index contributed by atoms with van der Waals surface area (Å²) in [4.78, 5) is 32.7. The van der Waals surface area contributed by atoms with Gasteiger partial charge in [-0.2, -0.15) is 4.31 Å². The Hall–Kier alpha value is -3.85. The Kier molecular flexibility index (Phi) is 19.3. The number of aliphatic carboxylic acids is 2. The SMILES string of the molecule is CCOP(=O)(COc1ccc(C[C@H](NC(=O)OC2CO[C@H]3OCC[C@@H]23)[C@H](O)CN(CC(C)C)S(=O)(=O)c2ccc(OC)cc2)cc1)OCC.O=C(O)C[C@H](O)C(=O)O. The molecule has 6 atom stereocenters. The van der Waals surface area contributed by atoms with Crippen LogP contribution in [0.15, 0.2) is 53.4 Å². The number of benzene rings is 2. The smallest absolute Gasteiger partial charge is 0.407 e. The number of carbonyl (C=O) groups excluding carboxylic acids is 1. The van der Waals surface area contributed by atoms with E-state index in [9.17, 15) is 32.5 Å². The highest BCUT2D eigenvalue weighted by Crippen LogP contribution is 2.47. The number of nitrogens with zero attached hydrogens (tertiary/aromatic N) is 1. The van der Waals surface area contributed by atoms with Crippen LogP contribution in [0.1, 0.15) is 46.1 Å². The zero-order valence-electron chi connectivity index (χ0n) is 33.1. The molecule has 19 nitrogen and oxygen atoms in total. The maximum absolute atomic E-state index is 13.8. The van der Waals surface area contributed by atoms with E-state index in [0.29, 0.717) is 30.1 Å². The van der Waals surface area contributed by atoms with Crippen LogP contribution in [-0.4, -0.2) is 135 Å². The van der Waals surface area contributed by atoms with E-state index in [4.69, 9.17) is 48.1 Å². The Morgan fingerprint density at radius 1 is 0.948 bits per heavy atom. The van der Waals surface area contributed by atoms with Crippen molar-refractivity contribution in [3.8, 4) is 11.5 Å². The van der Waals surface area contributed by atoms with Crippen molar-refractivity contribution in [3.63, 3.8) is 0 Å². The Bertz CT molecular complexity index is 1750. The minimum absolute atomic E-state index is 0.0495. The van der Waals surface area contributed by atoms with Crippen molar-refractivity contribution in [1.29, 1.82) is 0 Å². The van der Waals surface area contributed by atoms with Crippen LogP contribution >= 0.6 is 7.60 Å². The van der Waals surface area contributed by atoms with Crippen molar-refractivity contribution in [2.45, 2.75) is 82.5 Å². The Labute approximate surface area is 338 Å². The number of methoxy groups -OCH3 is 1. The Morgan fingerprint density at radius 3 is 2.10 bits per heavy atom. The van der Waals surface area contributed by atoms with E-state index in [1.807, 2.05) is 13.8 Å². The van der Waals surface area contributed by atoms with Crippen LogP contribution in [0.4, 0.5) is 4.79 Å². The maximum Gasteiger partial charge on any atom is 0.407 e. The van der Waals surface area contributed by atoms with E-state index in [-0.39, 0.29) is 62.4 Å². The minimum atomic E-state index is -4.03. The van der Waals surface area contributed by atoms with Gasteiger partial charge in [-0.25, -0.2) is 18.0 Å². The molecule has 1 unspecified atom stereocenters. The van der Waals surface area contributed by atoms with Gasteiger partial charge in [-0.15, -0.1) is 0 Å². The van der Waals surface area contributed by atoms with Gasteiger partial charge in [0.15, 0.2) is 18.7 Å². The summed E-state index contributed by atoms with van der Waals surface area (Å²) in [6, 6.07) is 11.9. The number of carbonyl (C=O) groups is 3. The number of aliphatic hydroxyl groups excluding tert-OH is 2. The van der Waals surface area contributed by atoms with Gasteiger partial charge in [0.05, 0.1) is 62.9 Å². The second kappa shape index (κ2) is 23.1. The normalized spacial score (nSPS) is 19.4. The highest BCUT2D eigenvalue weighted by molar-refractivity contribution is 7.89. The number of carboxylic acid groups (broad SMARTS) is 2. The van der Waals surface area contributed by atoms with E-state index in [1.54, 1.807) is 50.2 Å². The molecule has 2 fully saturated rings. The molecule has 5 N–H and O–H groups in total. The average molecular weight is 863 g/mol. The van der Waals surface area contributed by atoms with E-state index >= 15 is 0 Å². The molecule has 2 saturated heterocycles. The lowest BCUT2D eigenvalue weighted by Crippen LogP contribution is -2.51. The highest BCUT2D eigenvalue weighted by atomic mass is 32.2. The van der Waals surface area contributed by atoms with Gasteiger partial charge in [0.1, 0.15) is 17.6 Å². The first kappa shape index (κ1) is 48.5. The number of fused-ring (bicyclic) bond motifs is 1. The van der Waals surface area contributed by atoms with Crippen LogP contribution in [0.5, 0.6) is 11.5 Å². The van der Waals surface area contributed by atoms with Gasteiger partial charge in [0.25, 0.3) is 0 Å². The lowest BCUT2D eigenvalue weighted by molar-refractivity contribution is -0.152. The molecular formula is C37H55N2O17PS. The summed E-state index contributed by atoms with van der Waals surface area (Å²) in [6.45, 7) is 8.14. The molecular weight excluding hydrogens is 807 g/mol. The number of ether oxygens (including phenoxy) is 5. The van der Waals surface area contributed by atoms with Crippen LogP contribution in [0.2, 0.25) is 0 Å². The van der Waals surface area contributed by atoms with E-state index in [0.717, 1.165) is 0 Å². The summed E-state index contributed by atoms with van der Waals surface area (Å²) in [7, 11) is -5.96. The number of alkyl carbamates (subject to hydrolysis) is 1. The highest BCUT2D eigenvalue weighted by Gasteiger charge is 2.44. The zero-order valence-corrected chi connectivity index (χ0v) is 34.8. The molecule has 0 bridgehead atoms. The Morgan fingerprint density at radius 2 is 1.57 bits per heavy atom. The van der Waals surface area contributed by atoms with Crippen molar-refractivity contribution in [1.82, 2.24) is 9.62 Å². The van der Waals surface area contributed by atoms with E-state index < -0.39 is 72.7 Å². The predicted molar refractivity (Wildman–Crippen MR) is 206 cm³/mol. The average Bonchev–Trinajstić information content (AvgIpc) is 3.79. The van der Waals surface area contributed by atoms with Crippen molar-refractivity contribution in [2.75, 3.05) is 53.0 Å². The lowest BCUT2D eigenvalue weighted by Gasteiger charge is -2.31. The summed E-state index contributed by atoms with van der Waals surface area (Å²) >= 11 is 0. The molecule has 2 aliphatic rings. The number of carboxylic acids is 2. The second-order valence-electron chi connectivity index (χ2n) is 13.7. The summed E-state index contributed by atoms with van der Waals surface area (Å²) in [5, 5.41) is 38.5. The predicted octanol–water partition coefficient (Wildman–Crippen LogP) is 3.31. The van der Waals surface area contributed by atoms with Crippen molar-refractivity contribution in [2.24, 2.45) is 11.8 Å². The molecule has 21 heteroatoms. The van der Waals surface area contributed by atoms with Crippen LogP contribution in [0.3, 0.4) is 0 Å². The number of rotatable bonds is 22. The van der Waals surface area contributed by atoms with Crippen LogP contribution in [0.25, 0.3) is 0 Å². The molecule has 0 aliphatic carbocycles. The van der Waals surface area contributed by atoms with Gasteiger partial charge in [-0.1, -0.05) is 26.0 Å². The first-order chi connectivity index (χ1) is 27.4. The third-order valence-corrected chi connectivity index (χ3v) is 12.3. The monoisotopic (exact) mass is 862 g/mol. The molecule has 58 heavy (non-hydrogen) atoms. The van der Waals surface area contributed by atoms with E-state index in [2.05, 4.69) is 5.32 Å². The third-order valence-electron chi connectivity index (χ3n) is 8.74. The number of hydrogen-bond acceptors (Lipinski definition) is 15. The molecule has 0 saturated carbocycles. The van der Waals surface area contributed by atoms with Crippen LogP contribution < -0.4 is 14.8 Å². The first-order valence-electron chi connectivity index (χ1n) is 18.7. The third kappa shape index (κ3) is 15.1. The summed E-state index contributed by atoms with van der Waals surface area (Å²) < 4.78 is 79.8. The molecule has 4 rings (SSSR count). The zero-order chi connectivity index (χ0) is 43.0. The lowest BCUT2D eigenvalue weighted by atomic mass is 10.0. The first-order valence-corrected chi connectivity index (χ1v) is 21.8. The molecule has 0 radical (unpaired) electrons. The summed E-state index contributed by atoms with van der Waals surface area (Å²) in [6.07, 6.45) is -5.01. The molecule has 0 spiro atoms. The maximum atomic E-state index is 13.8. The fourth-order valence-electron chi connectivity index (χ4n) is 5.95. The molecule has 0 aromatic heterocycles. The van der Waals surface area contributed by atoms with Crippen LogP contribution in [0, 0.1) is 11.8 Å². The van der Waals surface area contributed by atoms with E-state index in [1.165, 1.54) is 23.5 Å². The van der Waals surface area contributed by atoms with Gasteiger partial charge in [0.2, 0.25) is 10.0 Å². The fourth-order valence-corrected chi connectivity index (χ4v) is 8.89. The topological polar surface area (TPSA) is 263 Å². The fraction of sp³-hybridized carbons (Fsp3) is 0.595. The number of sulfonamides is 1. The molecule has 326 valence electrons. The number of amides is 1. The van der Waals surface area contributed by atoms with Gasteiger partial charge in [-0.3, -0.25) is 9.36 Å². The molecule has 1 amide bonds. The number of nitrogens with one attached hydrogen (secondary N) is 1. The van der Waals surface area contributed by atoms with Gasteiger partial charge < -0.3 is 58.5 Å². The molecule has 2 aromatic carbocycles. The van der Waals surface area contributed by atoms with Crippen molar-refractivity contribution < 1.29 is 80.5 Å². The number of hydrogen-bond donors (Lipinski definition) is 5. The van der Waals surface area contributed by atoms with Gasteiger partial charge in [-0.05, 0) is 74.6 Å². The molecule has 2 aliphatic heterocycles. The quantitative estimate of drug-likeness (QED) is 0.106. The Balaban J connectivity index is 0.000000891. The summed E-state index contributed by atoms with van der Waals surface area (Å²) in [5.41, 5.74) is 0.705. The minimum Gasteiger partial charge on any atom is -0.497 e. The molecule has 2 aromatic rings. The molecule has 2 heterocycles. The summed E-state index contributed by atoms with van der Waals surface area (Å²) in [5.74, 6) is -2.07. The largest absolute Gasteiger partial charge is 0.497 e. The second-order valence-corrected chi connectivity index (χ2v) is 17.6. The van der Waals surface area contributed by atoms with Gasteiger partial charge >= 0.3 is 25.6 Å². The number of aliphatic hydroxyl groups is 2. The van der Waals surface area contributed by atoms with Crippen molar-refractivity contribution >= 4 is 35.7 Å². The van der Waals surface area contributed by atoms with Crippen molar-refractivity contribution in [3.05, 3.63) is 54.1 Å². The standard InChI is InChI=1S/C33H49N2O12PS.C4H6O5/c1-6-45-48(38,46-7-2)22-44-26-10-8-24(9-11-26)18-29(34-33(37)47-31-21-43-32-28(31)16-17-42-32)30(36)20-35(19-23(3)4)49(39,40)27-14-12-25(41-5)13-15-27;5-2(4(8)9)1-3(6)7/h8-15,23,28-32,36H,6-7,16-22H2,1-5H3,(H,34,37);2,5H,1H2,(H,6,7)(H,8,9)/t28-,29-,30+,31?,32+;2-/m00/s1.